The van der Waals surface area contributed by atoms with Crippen LogP contribution in [0.25, 0.3) is 0 Å². The molecule has 1 aliphatic heterocycles. The van der Waals surface area contributed by atoms with Crippen molar-refractivity contribution in [1.82, 2.24) is 8.61 Å². The fraction of sp³-hybridized carbons (Fsp3) is 1.00. The minimum absolute atomic E-state index is 0.223. The van der Waals surface area contributed by atoms with Crippen LogP contribution in [0.4, 0.5) is 0 Å². The van der Waals surface area contributed by atoms with Crippen LogP contribution in [0.15, 0.2) is 0 Å². The highest BCUT2D eigenvalue weighted by Gasteiger charge is 2.34. The predicted molar refractivity (Wildman–Crippen MR) is 73.5 cm³/mol. The molecule has 1 atom stereocenters. The summed E-state index contributed by atoms with van der Waals surface area (Å²) in [5.74, 6) is 0.494. The summed E-state index contributed by atoms with van der Waals surface area (Å²) < 4.78 is 28.5. The molecule has 0 spiro atoms. The molecular formula is C13H26N2O2S. The van der Waals surface area contributed by atoms with E-state index in [-0.39, 0.29) is 6.04 Å². The summed E-state index contributed by atoms with van der Waals surface area (Å²) >= 11 is 0. The summed E-state index contributed by atoms with van der Waals surface area (Å²) in [6, 6.07) is 0.223. The molecule has 2 rings (SSSR count). The lowest BCUT2D eigenvalue weighted by atomic mass is 9.96. The highest BCUT2D eigenvalue weighted by atomic mass is 32.2. The molecular weight excluding hydrogens is 248 g/mol. The molecule has 1 aliphatic carbocycles. The second-order valence-corrected chi connectivity index (χ2v) is 7.91. The van der Waals surface area contributed by atoms with E-state index in [0.29, 0.717) is 19.0 Å². The van der Waals surface area contributed by atoms with Crippen molar-refractivity contribution in [3.8, 4) is 0 Å². The van der Waals surface area contributed by atoms with Gasteiger partial charge in [0.05, 0.1) is 0 Å². The van der Waals surface area contributed by atoms with Crippen LogP contribution in [0.2, 0.25) is 0 Å². The van der Waals surface area contributed by atoms with E-state index >= 15 is 0 Å². The van der Waals surface area contributed by atoms with Gasteiger partial charge >= 0.3 is 0 Å². The number of hydrogen-bond acceptors (Lipinski definition) is 2. The van der Waals surface area contributed by atoms with Crippen molar-refractivity contribution in [3.05, 3.63) is 0 Å². The summed E-state index contributed by atoms with van der Waals surface area (Å²) in [5.41, 5.74) is 0. The van der Waals surface area contributed by atoms with E-state index in [4.69, 9.17) is 0 Å². The van der Waals surface area contributed by atoms with Gasteiger partial charge in [-0.25, -0.2) is 0 Å². The standard InChI is InChI=1S/C13H26N2O2S/c1-12-7-6-10-15(11-12)18(16,17)14(2)13-8-4-3-5-9-13/h12-13H,3-11H2,1-2H3. The molecule has 5 heteroatoms. The summed E-state index contributed by atoms with van der Waals surface area (Å²) in [5, 5.41) is 0. The van der Waals surface area contributed by atoms with Gasteiger partial charge in [0.15, 0.2) is 0 Å². The van der Waals surface area contributed by atoms with Gasteiger partial charge in [0.1, 0.15) is 0 Å². The predicted octanol–water partition coefficient (Wildman–Crippen LogP) is 2.23. The Hall–Kier alpha value is -0.130. The molecule has 18 heavy (non-hydrogen) atoms. The van der Waals surface area contributed by atoms with Gasteiger partial charge in [-0.3, -0.25) is 0 Å². The van der Waals surface area contributed by atoms with Crippen molar-refractivity contribution in [2.24, 2.45) is 5.92 Å². The SMILES string of the molecule is CC1CCCN(S(=O)(=O)N(C)C2CCCCC2)C1. The van der Waals surface area contributed by atoms with E-state index in [0.717, 1.165) is 25.7 Å². The molecule has 4 nitrogen and oxygen atoms in total. The van der Waals surface area contributed by atoms with E-state index < -0.39 is 10.2 Å². The molecule has 1 unspecified atom stereocenters. The summed E-state index contributed by atoms with van der Waals surface area (Å²) in [4.78, 5) is 0. The first-order chi connectivity index (χ1) is 8.51. The molecule has 2 aliphatic rings. The molecule has 0 N–H and O–H groups in total. The van der Waals surface area contributed by atoms with Gasteiger partial charge in [-0.1, -0.05) is 26.2 Å². The molecule has 0 amide bonds. The zero-order valence-corrected chi connectivity index (χ0v) is 12.5. The third kappa shape index (κ3) is 3.06. The largest absolute Gasteiger partial charge is 0.281 e. The van der Waals surface area contributed by atoms with Crippen molar-refractivity contribution in [3.63, 3.8) is 0 Å². The molecule has 2 fully saturated rings. The van der Waals surface area contributed by atoms with Gasteiger partial charge in [-0.05, 0) is 31.6 Å². The zero-order chi connectivity index (χ0) is 13.2. The highest BCUT2D eigenvalue weighted by molar-refractivity contribution is 7.86. The minimum Gasteiger partial charge on any atom is -0.195 e. The second-order valence-electron chi connectivity index (χ2n) is 5.92. The van der Waals surface area contributed by atoms with Crippen LogP contribution in [0.5, 0.6) is 0 Å². The number of rotatable bonds is 3. The van der Waals surface area contributed by atoms with Crippen LogP contribution in [0, 0.1) is 5.92 Å². The van der Waals surface area contributed by atoms with Crippen LogP contribution < -0.4 is 0 Å². The van der Waals surface area contributed by atoms with Gasteiger partial charge in [0.25, 0.3) is 10.2 Å². The van der Waals surface area contributed by atoms with E-state index in [9.17, 15) is 8.42 Å². The maximum absolute atomic E-state index is 12.6. The molecule has 1 saturated heterocycles. The Kier molecular flexibility index (Phi) is 4.67. The van der Waals surface area contributed by atoms with Crippen LogP contribution in [0.3, 0.4) is 0 Å². The first kappa shape index (κ1) is 14.3. The molecule has 0 bridgehead atoms. The Morgan fingerprint density at radius 2 is 1.72 bits per heavy atom. The maximum Gasteiger partial charge on any atom is 0.281 e. The van der Waals surface area contributed by atoms with Crippen LogP contribution >= 0.6 is 0 Å². The van der Waals surface area contributed by atoms with Crippen molar-refractivity contribution >= 4 is 10.2 Å². The van der Waals surface area contributed by atoms with Crippen molar-refractivity contribution < 1.29 is 8.42 Å². The third-order valence-corrected chi connectivity index (χ3v) is 6.41. The van der Waals surface area contributed by atoms with E-state index in [1.54, 1.807) is 15.7 Å². The average molecular weight is 274 g/mol. The first-order valence-electron chi connectivity index (χ1n) is 7.25. The van der Waals surface area contributed by atoms with Crippen LogP contribution in [0.1, 0.15) is 51.9 Å². The molecule has 106 valence electrons. The second kappa shape index (κ2) is 5.88. The lowest BCUT2D eigenvalue weighted by Gasteiger charge is -2.37. The monoisotopic (exact) mass is 274 g/mol. The lowest BCUT2D eigenvalue weighted by molar-refractivity contribution is 0.232. The smallest absolute Gasteiger partial charge is 0.195 e. The average Bonchev–Trinajstić information content (AvgIpc) is 2.39. The molecule has 1 saturated carbocycles. The Morgan fingerprint density at radius 3 is 2.33 bits per heavy atom. The summed E-state index contributed by atoms with van der Waals surface area (Å²) in [6.07, 6.45) is 7.79. The number of hydrogen-bond donors (Lipinski definition) is 0. The molecule has 0 aromatic carbocycles. The lowest BCUT2D eigenvalue weighted by Crippen LogP contribution is -2.49. The van der Waals surface area contributed by atoms with Gasteiger partial charge in [-0.15, -0.1) is 0 Å². The van der Waals surface area contributed by atoms with E-state index in [1.807, 2.05) is 0 Å². The van der Waals surface area contributed by atoms with Gasteiger partial charge in [0, 0.05) is 26.2 Å². The van der Waals surface area contributed by atoms with Crippen molar-refractivity contribution in [2.75, 3.05) is 20.1 Å². The third-order valence-electron chi connectivity index (χ3n) is 4.40. The van der Waals surface area contributed by atoms with E-state index in [1.165, 1.54) is 19.3 Å². The topological polar surface area (TPSA) is 40.6 Å². The first-order valence-corrected chi connectivity index (χ1v) is 8.64. The van der Waals surface area contributed by atoms with Crippen LogP contribution in [-0.4, -0.2) is 43.2 Å². The van der Waals surface area contributed by atoms with Crippen molar-refractivity contribution in [2.45, 2.75) is 57.9 Å². The quantitative estimate of drug-likeness (QED) is 0.792. The minimum atomic E-state index is -3.23. The van der Waals surface area contributed by atoms with Gasteiger partial charge < -0.3 is 0 Å². The number of nitrogens with zero attached hydrogens (tertiary/aromatic N) is 2. The fourth-order valence-electron chi connectivity index (χ4n) is 3.17. The van der Waals surface area contributed by atoms with E-state index in [2.05, 4.69) is 6.92 Å². The Labute approximate surface area is 112 Å². The van der Waals surface area contributed by atoms with Gasteiger partial charge in [-0.2, -0.15) is 17.0 Å². The Morgan fingerprint density at radius 1 is 1.06 bits per heavy atom. The van der Waals surface area contributed by atoms with Gasteiger partial charge in [0.2, 0.25) is 0 Å². The molecule has 1 heterocycles. The number of piperidine rings is 1. The van der Waals surface area contributed by atoms with Crippen LogP contribution in [-0.2, 0) is 10.2 Å². The zero-order valence-electron chi connectivity index (χ0n) is 11.6. The highest BCUT2D eigenvalue weighted by Crippen LogP contribution is 2.26. The summed E-state index contributed by atoms with van der Waals surface area (Å²) in [7, 11) is -1.46. The molecule has 0 aromatic heterocycles. The molecule has 0 radical (unpaired) electrons. The Balaban J connectivity index is 2.04. The van der Waals surface area contributed by atoms with Crippen molar-refractivity contribution in [1.29, 1.82) is 0 Å². The fourth-order valence-corrected chi connectivity index (χ4v) is 4.93. The summed E-state index contributed by atoms with van der Waals surface area (Å²) in [6.45, 7) is 3.53. The Bertz CT molecular complexity index is 363. The normalized spacial score (nSPS) is 28.7. The molecule has 0 aromatic rings. The maximum atomic E-state index is 12.6.